The summed E-state index contributed by atoms with van der Waals surface area (Å²) >= 11 is 1.86. The normalized spacial score (nSPS) is 25.3. The topological polar surface area (TPSA) is 29.3 Å². The van der Waals surface area contributed by atoms with Gasteiger partial charge in [0, 0.05) is 30.1 Å². The second-order valence-electron chi connectivity index (χ2n) is 6.67. The van der Waals surface area contributed by atoms with Gasteiger partial charge in [0.25, 0.3) is 0 Å². The predicted molar refractivity (Wildman–Crippen MR) is 89.0 cm³/mol. The van der Waals surface area contributed by atoms with Gasteiger partial charge in [-0.1, -0.05) is 25.8 Å². The SMILES string of the molecule is CC1CCC(C(CN)N(Cc2cccs2)C(C)C)CC1. The highest BCUT2D eigenvalue weighted by Crippen LogP contribution is 2.33. The van der Waals surface area contributed by atoms with Crippen LogP contribution in [-0.2, 0) is 6.54 Å². The minimum atomic E-state index is 0.546. The van der Waals surface area contributed by atoms with E-state index < -0.39 is 0 Å². The first kappa shape index (κ1) is 16.0. The predicted octanol–water partition coefficient (Wildman–Crippen LogP) is 4.11. The zero-order chi connectivity index (χ0) is 14.5. The van der Waals surface area contributed by atoms with Crippen molar-refractivity contribution in [3.05, 3.63) is 22.4 Å². The molecule has 0 saturated heterocycles. The lowest BCUT2D eigenvalue weighted by Crippen LogP contribution is -2.49. The van der Waals surface area contributed by atoms with Gasteiger partial charge < -0.3 is 5.73 Å². The summed E-state index contributed by atoms with van der Waals surface area (Å²) in [6, 6.07) is 5.50. The van der Waals surface area contributed by atoms with Crippen molar-refractivity contribution in [2.24, 2.45) is 17.6 Å². The summed E-state index contributed by atoms with van der Waals surface area (Å²) in [5, 5.41) is 2.17. The first-order valence-electron chi connectivity index (χ1n) is 8.10. The van der Waals surface area contributed by atoms with Gasteiger partial charge in [-0.2, -0.15) is 0 Å². The van der Waals surface area contributed by atoms with Crippen LogP contribution in [0.4, 0.5) is 0 Å². The quantitative estimate of drug-likeness (QED) is 0.855. The molecule has 0 radical (unpaired) electrons. The molecular formula is C17H30N2S. The zero-order valence-electron chi connectivity index (χ0n) is 13.2. The monoisotopic (exact) mass is 294 g/mol. The standard InChI is InChI=1S/C17H30N2S/c1-13(2)19(12-16-5-4-10-20-16)17(11-18)15-8-6-14(3)7-9-15/h4-5,10,13-15,17H,6-9,11-12,18H2,1-3H3. The van der Waals surface area contributed by atoms with Gasteiger partial charge in [0.2, 0.25) is 0 Å². The van der Waals surface area contributed by atoms with Gasteiger partial charge >= 0.3 is 0 Å². The molecule has 1 heterocycles. The fourth-order valence-corrected chi connectivity index (χ4v) is 4.25. The molecule has 1 aliphatic carbocycles. The maximum absolute atomic E-state index is 6.17. The fraction of sp³-hybridized carbons (Fsp3) is 0.765. The molecule has 1 atom stereocenters. The van der Waals surface area contributed by atoms with Crippen LogP contribution in [0.3, 0.4) is 0 Å². The van der Waals surface area contributed by atoms with Gasteiger partial charge in [-0.15, -0.1) is 11.3 Å². The van der Waals surface area contributed by atoms with E-state index >= 15 is 0 Å². The molecule has 20 heavy (non-hydrogen) atoms. The van der Waals surface area contributed by atoms with Gasteiger partial charge in [-0.3, -0.25) is 4.90 Å². The van der Waals surface area contributed by atoms with Crippen molar-refractivity contribution in [2.75, 3.05) is 6.54 Å². The summed E-state index contributed by atoms with van der Waals surface area (Å²) in [5.41, 5.74) is 6.17. The van der Waals surface area contributed by atoms with E-state index in [4.69, 9.17) is 5.73 Å². The van der Waals surface area contributed by atoms with Crippen molar-refractivity contribution in [3.8, 4) is 0 Å². The lowest BCUT2D eigenvalue weighted by Gasteiger charge is -2.41. The van der Waals surface area contributed by atoms with Crippen LogP contribution >= 0.6 is 11.3 Å². The van der Waals surface area contributed by atoms with E-state index in [0.717, 1.165) is 24.9 Å². The molecule has 0 bridgehead atoms. The van der Waals surface area contributed by atoms with Gasteiger partial charge in [0.1, 0.15) is 0 Å². The Morgan fingerprint density at radius 3 is 2.50 bits per heavy atom. The Morgan fingerprint density at radius 2 is 2.00 bits per heavy atom. The maximum atomic E-state index is 6.17. The van der Waals surface area contributed by atoms with Gasteiger partial charge in [0.05, 0.1) is 0 Å². The molecule has 0 spiro atoms. The van der Waals surface area contributed by atoms with Crippen LogP contribution in [0.5, 0.6) is 0 Å². The molecule has 0 aromatic carbocycles. The molecule has 3 heteroatoms. The van der Waals surface area contributed by atoms with Crippen LogP contribution in [0.25, 0.3) is 0 Å². The molecule has 1 fully saturated rings. The zero-order valence-corrected chi connectivity index (χ0v) is 14.0. The van der Waals surface area contributed by atoms with Crippen molar-refractivity contribution in [1.29, 1.82) is 0 Å². The summed E-state index contributed by atoms with van der Waals surface area (Å²) in [6.07, 6.45) is 5.48. The van der Waals surface area contributed by atoms with Gasteiger partial charge in [-0.05, 0) is 50.0 Å². The van der Waals surface area contributed by atoms with Gasteiger partial charge in [0.15, 0.2) is 0 Å². The Labute approximate surface area is 128 Å². The van der Waals surface area contributed by atoms with Crippen molar-refractivity contribution in [1.82, 2.24) is 4.90 Å². The minimum Gasteiger partial charge on any atom is -0.329 e. The Morgan fingerprint density at radius 1 is 1.30 bits per heavy atom. The van der Waals surface area contributed by atoms with Crippen LogP contribution in [-0.4, -0.2) is 23.5 Å². The summed E-state index contributed by atoms with van der Waals surface area (Å²) in [7, 11) is 0. The summed E-state index contributed by atoms with van der Waals surface area (Å²) in [6.45, 7) is 8.86. The van der Waals surface area contributed by atoms with E-state index in [0.29, 0.717) is 12.1 Å². The Bertz CT molecular complexity index is 366. The molecule has 1 unspecified atom stereocenters. The Kier molecular flexibility index (Phi) is 6.06. The third kappa shape index (κ3) is 4.06. The highest BCUT2D eigenvalue weighted by molar-refractivity contribution is 7.09. The maximum Gasteiger partial charge on any atom is 0.0334 e. The van der Waals surface area contributed by atoms with E-state index in [1.165, 1.54) is 30.6 Å². The average molecular weight is 295 g/mol. The number of thiophene rings is 1. The third-order valence-corrected chi connectivity index (χ3v) is 5.72. The largest absolute Gasteiger partial charge is 0.329 e. The van der Waals surface area contributed by atoms with Crippen LogP contribution < -0.4 is 5.73 Å². The van der Waals surface area contributed by atoms with E-state index in [1.54, 1.807) is 0 Å². The summed E-state index contributed by atoms with van der Waals surface area (Å²) in [5.74, 6) is 1.70. The minimum absolute atomic E-state index is 0.546. The van der Waals surface area contributed by atoms with Crippen molar-refractivity contribution in [3.63, 3.8) is 0 Å². The lowest BCUT2D eigenvalue weighted by molar-refractivity contribution is 0.0789. The van der Waals surface area contributed by atoms with Crippen LogP contribution in [0.1, 0.15) is 51.3 Å². The van der Waals surface area contributed by atoms with E-state index in [9.17, 15) is 0 Å². The molecule has 1 aliphatic rings. The van der Waals surface area contributed by atoms with E-state index in [1.807, 2.05) is 11.3 Å². The first-order chi connectivity index (χ1) is 9.61. The Hall–Kier alpha value is -0.380. The highest BCUT2D eigenvalue weighted by Gasteiger charge is 2.30. The average Bonchev–Trinajstić information content (AvgIpc) is 2.93. The molecule has 0 amide bonds. The second kappa shape index (κ2) is 7.58. The molecule has 114 valence electrons. The third-order valence-electron chi connectivity index (χ3n) is 4.85. The van der Waals surface area contributed by atoms with E-state index in [2.05, 4.69) is 43.2 Å². The summed E-state index contributed by atoms with van der Waals surface area (Å²) in [4.78, 5) is 4.09. The van der Waals surface area contributed by atoms with Crippen LogP contribution in [0.15, 0.2) is 17.5 Å². The molecule has 1 aromatic rings. The number of nitrogens with two attached hydrogens (primary N) is 1. The molecule has 2 rings (SSSR count). The highest BCUT2D eigenvalue weighted by atomic mass is 32.1. The van der Waals surface area contributed by atoms with E-state index in [-0.39, 0.29) is 0 Å². The number of rotatable bonds is 6. The first-order valence-corrected chi connectivity index (χ1v) is 8.98. The van der Waals surface area contributed by atoms with Crippen molar-refractivity contribution in [2.45, 2.75) is 65.1 Å². The van der Waals surface area contributed by atoms with Crippen molar-refractivity contribution < 1.29 is 0 Å². The molecule has 2 N–H and O–H groups in total. The lowest BCUT2D eigenvalue weighted by atomic mass is 9.78. The molecule has 0 aliphatic heterocycles. The number of hydrogen-bond donors (Lipinski definition) is 1. The van der Waals surface area contributed by atoms with Crippen LogP contribution in [0, 0.1) is 11.8 Å². The van der Waals surface area contributed by atoms with Crippen LogP contribution in [0.2, 0.25) is 0 Å². The summed E-state index contributed by atoms with van der Waals surface area (Å²) < 4.78 is 0. The molecular weight excluding hydrogens is 264 g/mol. The Balaban J connectivity index is 2.04. The number of hydrogen-bond acceptors (Lipinski definition) is 3. The fourth-order valence-electron chi connectivity index (χ4n) is 3.53. The van der Waals surface area contributed by atoms with Crippen molar-refractivity contribution >= 4 is 11.3 Å². The number of nitrogens with zero attached hydrogens (tertiary/aromatic N) is 1. The smallest absolute Gasteiger partial charge is 0.0334 e. The molecule has 2 nitrogen and oxygen atoms in total. The van der Waals surface area contributed by atoms with Gasteiger partial charge in [-0.25, -0.2) is 0 Å². The molecule has 1 saturated carbocycles. The molecule has 1 aromatic heterocycles. The second-order valence-corrected chi connectivity index (χ2v) is 7.70.